The van der Waals surface area contributed by atoms with Gasteiger partial charge in [0.2, 0.25) is 5.91 Å². The number of ether oxygens (including phenoxy) is 1. The van der Waals surface area contributed by atoms with Crippen LogP contribution in [0.1, 0.15) is 24.9 Å². The summed E-state index contributed by atoms with van der Waals surface area (Å²) in [5, 5.41) is 3.32. The number of hydrogen-bond acceptors (Lipinski definition) is 4. The Bertz CT molecular complexity index is 1150. The summed E-state index contributed by atoms with van der Waals surface area (Å²) in [7, 11) is -2.40. The summed E-state index contributed by atoms with van der Waals surface area (Å²) in [6, 6.07) is 21.6. The second-order valence-electron chi connectivity index (χ2n) is 7.11. The Hall–Kier alpha value is -3.03. The summed E-state index contributed by atoms with van der Waals surface area (Å²) < 4.78 is 33.0. The minimum absolute atomic E-state index is 0.0926. The first kappa shape index (κ1) is 23.6. The highest BCUT2D eigenvalue weighted by Gasteiger charge is 2.28. The number of anilines is 1. The van der Waals surface area contributed by atoms with Crippen molar-refractivity contribution in [2.45, 2.75) is 24.3 Å². The normalized spacial score (nSPS) is 12.1. The van der Waals surface area contributed by atoms with Crippen molar-refractivity contribution in [2.75, 3.05) is 18.0 Å². The van der Waals surface area contributed by atoms with E-state index in [1.807, 2.05) is 31.2 Å². The van der Waals surface area contributed by atoms with E-state index < -0.39 is 15.9 Å². The van der Waals surface area contributed by atoms with E-state index in [0.29, 0.717) is 17.1 Å². The molecular weight excluding hydrogens is 448 g/mol. The second kappa shape index (κ2) is 10.5. The third-order valence-corrected chi connectivity index (χ3v) is 7.00. The molecule has 0 spiro atoms. The van der Waals surface area contributed by atoms with Crippen LogP contribution in [0.4, 0.5) is 5.69 Å². The molecule has 0 saturated heterocycles. The predicted octanol–water partition coefficient (Wildman–Crippen LogP) is 4.81. The number of hydrogen-bond donors (Lipinski definition) is 1. The van der Waals surface area contributed by atoms with Crippen molar-refractivity contribution in [3.63, 3.8) is 0 Å². The van der Waals surface area contributed by atoms with Crippen LogP contribution < -0.4 is 14.4 Å². The van der Waals surface area contributed by atoms with Gasteiger partial charge < -0.3 is 10.1 Å². The van der Waals surface area contributed by atoms with Crippen molar-refractivity contribution in [2.24, 2.45) is 0 Å². The highest BCUT2D eigenvalue weighted by molar-refractivity contribution is 7.92. The Morgan fingerprint density at radius 1 is 1.03 bits per heavy atom. The second-order valence-corrected chi connectivity index (χ2v) is 9.40. The Morgan fingerprint density at radius 2 is 1.72 bits per heavy atom. The van der Waals surface area contributed by atoms with Crippen LogP contribution >= 0.6 is 11.6 Å². The van der Waals surface area contributed by atoms with Crippen molar-refractivity contribution in [1.82, 2.24) is 5.32 Å². The number of amides is 1. The lowest BCUT2D eigenvalue weighted by Gasteiger charge is -2.26. The Morgan fingerprint density at radius 3 is 2.31 bits per heavy atom. The molecule has 3 aromatic rings. The van der Waals surface area contributed by atoms with Crippen LogP contribution in [-0.2, 0) is 14.8 Å². The van der Waals surface area contributed by atoms with Crippen LogP contribution in [0.3, 0.4) is 0 Å². The van der Waals surface area contributed by atoms with Crippen molar-refractivity contribution in [3.05, 3.63) is 89.4 Å². The number of sulfonamides is 1. The van der Waals surface area contributed by atoms with Gasteiger partial charge in [0.15, 0.2) is 0 Å². The average molecular weight is 473 g/mol. The number of halogens is 1. The largest absolute Gasteiger partial charge is 0.497 e. The van der Waals surface area contributed by atoms with Gasteiger partial charge in [0.1, 0.15) is 12.3 Å². The van der Waals surface area contributed by atoms with Gasteiger partial charge >= 0.3 is 0 Å². The number of carbonyl (C=O) groups excluding carboxylic acids is 1. The predicted molar refractivity (Wildman–Crippen MR) is 127 cm³/mol. The molecule has 0 heterocycles. The summed E-state index contributed by atoms with van der Waals surface area (Å²) in [6.45, 7) is 1.56. The molecule has 3 rings (SSSR count). The highest BCUT2D eigenvalue weighted by Crippen LogP contribution is 2.26. The molecule has 0 fully saturated rings. The third-order valence-electron chi connectivity index (χ3n) is 4.98. The molecule has 32 heavy (non-hydrogen) atoms. The van der Waals surface area contributed by atoms with Crippen molar-refractivity contribution < 1.29 is 17.9 Å². The summed E-state index contributed by atoms with van der Waals surface area (Å²) in [6.07, 6.45) is 0.640. The first-order chi connectivity index (χ1) is 15.3. The molecule has 0 aliphatic carbocycles. The maximum Gasteiger partial charge on any atom is 0.264 e. The Balaban J connectivity index is 1.87. The quantitative estimate of drug-likeness (QED) is 0.484. The van der Waals surface area contributed by atoms with Crippen molar-refractivity contribution in [1.29, 1.82) is 0 Å². The van der Waals surface area contributed by atoms with Crippen molar-refractivity contribution in [3.8, 4) is 5.75 Å². The van der Waals surface area contributed by atoms with Gasteiger partial charge in [-0.3, -0.25) is 9.10 Å². The molecule has 0 bridgehead atoms. The lowest BCUT2D eigenvalue weighted by molar-refractivity contribution is -0.120. The first-order valence-corrected chi connectivity index (χ1v) is 11.9. The maximum absolute atomic E-state index is 13.4. The lowest BCUT2D eigenvalue weighted by atomic mass is 10.0. The average Bonchev–Trinajstić information content (AvgIpc) is 2.81. The SMILES string of the molecule is CC[C@@H](NC(=O)CN(c1cccc(Cl)c1)S(=O)(=O)c1ccccc1)c1ccc(OC)cc1. The molecule has 0 radical (unpaired) electrons. The van der Waals surface area contributed by atoms with Gasteiger partial charge in [0, 0.05) is 5.02 Å². The summed E-state index contributed by atoms with van der Waals surface area (Å²) >= 11 is 6.10. The van der Waals surface area contributed by atoms with Gasteiger partial charge in [0.25, 0.3) is 10.0 Å². The lowest BCUT2D eigenvalue weighted by Crippen LogP contribution is -2.42. The van der Waals surface area contributed by atoms with Crippen LogP contribution in [0.25, 0.3) is 0 Å². The minimum Gasteiger partial charge on any atom is -0.497 e. The van der Waals surface area contributed by atoms with Crippen LogP contribution in [0, 0.1) is 0 Å². The van der Waals surface area contributed by atoms with Gasteiger partial charge in [-0.15, -0.1) is 0 Å². The topological polar surface area (TPSA) is 75.7 Å². The number of benzene rings is 3. The molecule has 168 valence electrons. The zero-order valence-electron chi connectivity index (χ0n) is 17.9. The fourth-order valence-electron chi connectivity index (χ4n) is 3.29. The van der Waals surface area contributed by atoms with Crippen LogP contribution in [-0.4, -0.2) is 28.0 Å². The number of methoxy groups -OCH3 is 1. The number of nitrogens with zero attached hydrogens (tertiary/aromatic N) is 1. The fraction of sp³-hybridized carbons (Fsp3) is 0.208. The maximum atomic E-state index is 13.4. The molecule has 0 aromatic heterocycles. The monoisotopic (exact) mass is 472 g/mol. The summed E-state index contributed by atoms with van der Waals surface area (Å²) in [5.74, 6) is 0.295. The van der Waals surface area contributed by atoms with Gasteiger partial charge in [-0.05, 0) is 54.4 Å². The van der Waals surface area contributed by atoms with Crippen LogP contribution in [0.2, 0.25) is 5.02 Å². The number of rotatable bonds is 9. The number of nitrogens with one attached hydrogen (secondary N) is 1. The van der Waals surface area contributed by atoms with Gasteiger partial charge in [-0.2, -0.15) is 0 Å². The molecular formula is C24H25ClN2O4S. The molecule has 1 atom stereocenters. The molecule has 0 unspecified atom stereocenters. The highest BCUT2D eigenvalue weighted by atomic mass is 35.5. The van der Waals surface area contributed by atoms with E-state index in [4.69, 9.17) is 16.3 Å². The van der Waals surface area contributed by atoms with E-state index in [1.54, 1.807) is 43.5 Å². The van der Waals surface area contributed by atoms with E-state index in [2.05, 4.69) is 5.32 Å². The molecule has 6 nitrogen and oxygen atoms in total. The molecule has 0 aliphatic heterocycles. The molecule has 0 aliphatic rings. The smallest absolute Gasteiger partial charge is 0.264 e. The molecule has 3 aromatic carbocycles. The van der Waals surface area contributed by atoms with Crippen LogP contribution in [0.15, 0.2) is 83.8 Å². The first-order valence-electron chi connectivity index (χ1n) is 10.1. The van der Waals surface area contributed by atoms with Gasteiger partial charge in [-0.25, -0.2) is 8.42 Å². The molecule has 1 amide bonds. The molecule has 8 heteroatoms. The standard InChI is InChI=1S/C24H25ClN2O4S/c1-3-23(18-12-14-21(31-2)15-13-18)26-24(28)17-27(20-9-7-8-19(25)16-20)32(29,30)22-10-5-4-6-11-22/h4-16,23H,3,17H2,1-2H3,(H,26,28)/t23-/m1/s1. The zero-order chi connectivity index (χ0) is 23.1. The third kappa shape index (κ3) is 5.60. The van der Waals surface area contributed by atoms with Crippen LogP contribution in [0.5, 0.6) is 5.75 Å². The van der Waals surface area contributed by atoms with E-state index in [1.165, 1.54) is 18.2 Å². The van der Waals surface area contributed by atoms with E-state index in [9.17, 15) is 13.2 Å². The summed E-state index contributed by atoms with van der Waals surface area (Å²) in [4.78, 5) is 13.1. The fourth-order valence-corrected chi connectivity index (χ4v) is 4.91. The van der Waals surface area contributed by atoms with Gasteiger partial charge in [-0.1, -0.05) is 54.9 Å². The zero-order valence-corrected chi connectivity index (χ0v) is 19.4. The summed E-state index contributed by atoms with van der Waals surface area (Å²) in [5.41, 5.74) is 1.22. The van der Waals surface area contributed by atoms with Crippen molar-refractivity contribution >= 4 is 33.2 Å². The van der Waals surface area contributed by atoms with E-state index in [0.717, 1.165) is 15.6 Å². The van der Waals surface area contributed by atoms with E-state index in [-0.39, 0.29) is 17.5 Å². The molecule has 0 saturated carbocycles. The molecule has 1 N–H and O–H groups in total. The van der Waals surface area contributed by atoms with Gasteiger partial charge in [0.05, 0.1) is 23.7 Å². The minimum atomic E-state index is -3.98. The Labute approximate surface area is 193 Å². The number of carbonyl (C=O) groups is 1. The van der Waals surface area contributed by atoms with E-state index >= 15 is 0 Å². The Kier molecular flexibility index (Phi) is 7.77.